The van der Waals surface area contributed by atoms with Crippen LogP contribution in [0.1, 0.15) is 41.5 Å². The third-order valence-electron chi connectivity index (χ3n) is 3.91. The third-order valence-corrected chi connectivity index (χ3v) is 3.91. The molecule has 0 aliphatic carbocycles. The molecule has 0 rings (SSSR count). The number of nitrogens with one attached hydrogen (secondary N) is 3. The third kappa shape index (κ3) is 7.25. The van der Waals surface area contributed by atoms with Gasteiger partial charge in [-0.15, -0.1) is 0 Å². The van der Waals surface area contributed by atoms with Crippen molar-refractivity contribution in [2.24, 2.45) is 17.8 Å². The standard InChI is InChI=1S/C18H31N3O5/c1-8-12(22)19-13(9(2)3)16(23)20-14(10(4)5)17(24)21-15(11(6)7)18(25)26/h8-11,13-15H,1H2,2-7H3,(H,19,22)(H,20,23)(H,21,24)(H,25,26)/t13-,14-,15-/m0/s1. The van der Waals surface area contributed by atoms with Crippen LogP contribution in [0.25, 0.3) is 0 Å². The van der Waals surface area contributed by atoms with E-state index in [1.807, 2.05) is 0 Å². The average Bonchev–Trinajstić information content (AvgIpc) is 2.53. The second kappa shape index (κ2) is 10.6. The van der Waals surface area contributed by atoms with Gasteiger partial charge in [-0.2, -0.15) is 0 Å². The summed E-state index contributed by atoms with van der Waals surface area (Å²) in [7, 11) is 0. The van der Waals surface area contributed by atoms with Gasteiger partial charge in [0.25, 0.3) is 0 Å². The zero-order valence-electron chi connectivity index (χ0n) is 16.3. The Morgan fingerprint density at radius 2 is 1.08 bits per heavy atom. The van der Waals surface area contributed by atoms with E-state index in [1.54, 1.807) is 41.5 Å². The number of carbonyl (C=O) groups excluding carboxylic acids is 3. The summed E-state index contributed by atoms with van der Waals surface area (Å²) in [5.74, 6) is -3.51. The van der Waals surface area contributed by atoms with Crippen LogP contribution in [0.3, 0.4) is 0 Å². The lowest BCUT2D eigenvalue weighted by Crippen LogP contribution is -2.58. The van der Waals surface area contributed by atoms with Crippen molar-refractivity contribution in [3.8, 4) is 0 Å². The zero-order chi connectivity index (χ0) is 20.6. The first-order chi connectivity index (χ1) is 11.9. The van der Waals surface area contributed by atoms with Gasteiger partial charge in [0.15, 0.2) is 0 Å². The van der Waals surface area contributed by atoms with Gasteiger partial charge in [-0.1, -0.05) is 48.1 Å². The minimum atomic E-state index is -1.14. The SMILES string of the molecule is C=CC(=O)N[C@H](C(=O)N[C@H](C(=O)N[C@H](C(=O)O)C(C)C)C(C)C)C(C)C. The molecule has 0 bridgehead atoms. The van der Waals surface area contributed by atoms with Crippen molar-refractivity contribution in [1.82, 2.24) is 16.0 Å². The molecule has 0 unspecified atom stereocenters. The van der Waals surface area contributed by atoms with E-state index >= 15 is 0 Å². The zero-order valence-corrected chi connectivity index (χ0v) is 16.3. The molecule has 3 amide bonds. The molecule has 0 spiro atoms. The van der Waals surface area contributed by atoms with E-state index in [4.69, 9.17) is 0 Å². The minimum Gasteiger partial charge on any atom is -0.480 e. The van der Waals surface area contributed by atoms with E-state index in [2.05, 4.69) is 22.5 Å². The second-order valence-electron chi connectivity index (χ2n) is 7.23. The first-order valence-electron chi connectivity index (χ1n) is 8.68. The highest BCUT2D eigenvalue weighted by atomic mass is 16.4. The summed E-state index contributed by atoms with van der Waals surface area (Å²) in [6.45, 7) is 13.7. The monoisotopic (exact) mass is 369 g/mol. The quantitative estimate of drug-likeness (QED) is 0.422. The van der Waals surface area contributed by atoms with Gasteiger partial charge in [0.1, 0.15) is 18.1 Å². The van der Waals surface area contributed by atoms with Crippen LogP contribution in [0.2, 0.25) is 0 Å². The van der Waals surface area contributed by atoms with Crippen molar-refractivity contribution in [3.05, 3.63) is 12.7 Å². The highest BCUT2D eigenvalue weighted by molar-refractivity contribution is 5.95. The summed E-state index contributed by atoms with van der Waals surface area (Å²) in [4.78, 5) is 47.9. The molecule has 0 fully saturated rings. The fraction of sp³-hybridized carbons (Fsp3) is 0.667. The molecule has 0 aromatic carbocycles. The molecule has 8 nitrogen and oxygen atoms in total. The summed E-state index contributed by atoms with van der Waals surface area (Å²) in [6, 6.07) is -2.82. The topological polar surface area (TPSA) is 125 Å². The van der Waals surface area contributed by atoms with E-state index in [-0.39, 0.29) is 17.8 Å². The van der Waals surface area contributed by atoms with Crippen molar-refractivity contribution in [2.75, 3.05) is 0 Å². The van der Waals surface area contributed by atoms with E-state index in [0.717, 1.165) is 6.08 Å². The molecule has 3 atom stereocenters. The summed E-state index contributed by atoms with van der Waals surface area (Å²) in [5, 5.41) is 16.8. The van der Waals surface area contributed by atoms with Crippen LogP contribution >= 0.6 is 0 Å². The molecule has 0 saturated carbocycles. The molecule has 8 heteroatoms. The highest BCUT2D eigenvalue weighted by Crippen LogP contribution is 2.09. The Kier molecular flexibility index (Phi) is 9.61. The van der Waals surface area contributed by atoms with Gasteiger partial charge >= 0.3 is 5.97 Å². The molecular weight excluding hydrogens is 338 g/mol. The molecule has 0 radical (unpaired) electrons. The fourth-order valence-corrected chi connectivity index (χ4v) is 2.28. The van der Waals surface area contributed by atoms with E-state index in [1.165, 1.54) is 0 Å². The van der Waals surface area contributed by atoms with Gasteiger partial charge in [-0.3, -0.25) is 14.4 Å². The first-order valence-corrected chi connectivity index (χ1v) is 8.68. The van der Waals surface area contributed by atoms with E-state index in [9.17, 15) is 24.3 Å². The number of aliphatic carboxylic acids is 1. The normalized spacial score (nSPS) is 14.5. The maximum absolute atomic E-state index is 12.6. The predicted molar refractivity (Wildman–Crippen MR) is 98.1 cm³/mol. The van der Waals surface area contributed by atoms with Gasteiger partial charge in [-0.05, 0) is 23.8 Å². The highest BCUT2D eigenvalue weighted by Gasteiger charge is 2.32. The largest absolute Gasteiger partial charge is 0.480 e. The van der Waals surface area contributed by atoms with Crippen LogP contribution in [0.4, 0.5) is 0 Å². The van der Waals surface area contributed by atoms with Gasteiger partial charge in [0.05, 0.1) is 0 Å². The molecule has 0 aliphatic rings. The number of carbonyl (C=O) groups is 4. The Bertz CT molecular complexity index is 543. The van der Waals surface area contributed by atoms with Gasteiger partial charge in [0.2, 0.25) is 17.7 Å². The second-order valence-corrected chi connectivity index (χ2v) is 7.23. The maximum atomic E-state index is 12.6. The average molecular weight is 369 g/mol. The number of carboxylic acids is 1. The Morgan fingerprint density at radius 1 is 0.731 bits per heavy atom. The number of carboxylic acid groups (broad SMARTS) is 1. The fourth-order valence-electron chi connectivity index (χ4n) is 2.28. The van der Waals surface area contributed by atoms with Crippen LogP contribution in [0, 0.1) is 17.8 Å². The number of hydrogen-bond acceptors (Lipinski definition) is 4. The summed E-state index contributed by atoms with van der Waals surface area (Å²) >= 11 is 0. The van der Waals surface area contributed by atoms with Gasteiger partial charge in [0, 0.05) is 0 Å². The van der Waals surface area contributed by atoms with Crippen molar-refractivity contribution in [2.45, 2.75) is 59.7 Å². The lowest BCUT2D eigenvalue weighted by molar-refractivity contribution is -0.143. The van der Waals surface area contributed by atoms with Crippen LogP contribution in [0.5, 0.6) is 0 Å². The summed E-state index contributed by atoms with van der Waals surface area (Å²) in [5.41, 5.74) is 0. The Hall–Kier alpha value is -2.38. The minimum absolute atomic E-state index is 0.211. The van der Waals surface area contributed by atoms with Crippen LogP contribution in [0.15, 0.2) is 12.7 Å². The van der Waals surface area contributed by atoms with Crippen molar-refractivity contribution >= 4 is 23.7 Å². The van der Waals surface area contributed by atoms with Crippen molar-refractivity contribution in [1.29, 1.82) is 0 Å². The van der Waals surface area contributed by atoms with Gasteiger partial charge < -0.3 is 21.1 Å². The number of amides is 3. The molecule has 4 N–H and O–H groups in total. The van der Waals surface area contributed by atoms with Crippen LogP contribution in [-0.2, 0) is 19.2 Å². The lowest BCUT2D eigenvalue weighted by Gasteiger charge is -2.28. The molecule has 0 aliphatic heterocycles. The molecular formula is C18H31N3O5. The van der Waals surface area contributed by atoms with Crippen LogP contribution < -0.4 is 16.0 Å². The molecule has 26 heavy (non-hydrogen) atoms. The number of hydrogen-bond donors (Lipinski definition) is 4. The Balaban J connectivity index is 5.28. The van der Waals surface area contributed by atoms with E-state index in [0.29, 0.717) is 0 Å². The molecule has 0 aromatic heterocycles. The smallest absolute Gasteiger partial charge is 0.326 e. The first kappa shape index (κ1) is 23.6. The lowest BCUT2D eigenvalue weighted by atomic mass is 9.98. The Morgan fingerprint density at radius 3 is 1.38 bits per heavy atom. The number of rotatable bonds is 10. The predicted octanol–water partition coefficient (Wildman–Crippen LogP) is 0.679. The van der Waals surface area contributed by atoms with Crippen molar-refractivity contribution in [3.63, 3.8) is 0 Å². The molecule has 148 valence electrons. The summed E-state index contributed by atoms with van der Waals surface area (Å²) in [6.07, 6.45) is 1.06. The van der Waals surface area contributed by atoms with E-state index < -0.39 is 41.8 Å². The molecule has 0 heterocycles. The Labute approximate surface area is 154 Å². The molecule has 0 saturated heterocycles. The van der Waals surface area contributed by atoms with Crippen molar-refractivity contribution < 1.29 is 24.3 Å². The van der Waals surface area contributed by atoms with Gasteiger partial charge in [-0.25, -0.2) is 4.79 Å². The maximum Gasteiger partial charge on any atom is 0.326 e. The van der Waals surface area contributed by atoms with Crippen LogP contribution in [-0.4, -0.2) is 46.9 Å². The molecule has 0 aromatic rings. The summed E-state index contributed by atoms with van der Waals surface area (Å²) < 4.78 is 0.